The molecule has 122 valence electrons. The first-order chi connectivity index (χ1) is 10.7. The Labute approximate surface area is 131 Å². The van der Waals surface area contributed by atoms with E-state index in [4.69, 9.17) is 0 Å². The minimum absolute atomic E-state index is 0.122. The van der Waals surface area contributed by atoms with Crippen molar-refractivity contribution in [1.82, 2.24) is 0 Å². The minimum atomic E-state index is -4.79. The van der Waals surface area contributed by atoms with Crippen LogP contribution in [0.1, 0.15) is 5.56 Å². The molecule has 0 heterocycles. The second kappa shape index (κ2) is 6.74. The number of ether oxygens (including phenoxy) is 1. The molecule has 0 amide bonds. The number of nitrogens with one attached hydrogen (secondary N) is 1. The van der Waals surface area contributed by atoms with E-state index < -0.39 is 22.1 Å². The first-order valence-corrected chi connectivity index (χ1v) is 7.90. The molecule has 0 aliphatic carbocycles. The molecule has 4 nitrogen and oxygen atoms in total. The van der Waals surface area contributed by atoms with Crippen molar-refractivity contribution in [3.05, 3.63) is 65.6 Å². The van der Waals surface area contributed by atoms with E-state index in [-0.39, 0.29) is 5.69 Å². The molecule has 0 atom stereocenters. The Morgan fingerprint density at radius 2 is 1.57 bits per heavy atom. The Kier molecular flexibility index (Phi) is 4.95. The van der Waals surface area contributed by atoms with Crippen LogP contribution in [0.5, 0.6) is 5.75 Å². The summed E-state index contributed by atoms with van der Waals surface area (Å²) in [6.07, 6.45) is -3.39. The molecular weight excluding hydrogens is 331 g/mol. The summed E-state index contributed by atoms with van der Waals surface area (Å²) in [5, 5.41) is 0.975. The molecule has 0 fully saturated rings. The summed E-state index contributed by atoms with van der Waals surface area (Å²) in [7, 11) is -3.77. The Bertz CT molecular complexity index is 770. The van der Waals surface area contributed by atoms with Gasteiger partial charge in [-0.1, -0.05) is 30.3 Å². The van der Waals surface area contributed by atoms with Crippen LogP contribution >= 0.6 is 0 Å². The number of alkyl halides is 3. The van der Waals surface area contributed by atoms with Gasteiger partial charge in [-0.2, -0.15) is 0 Å². The van der Waals surface area contributed by atoms with E-state index in [0.29, 0.717) is 5.56 Å². The van der Waals surface area contributed by atoms with Crippen LogP contribution in [0.25, 0.3) is 6.08 Å². The van der Waals surface area contributed by atoms with Crippen LogP contribution in [-0.4, -0.2) is 14.8 Å². The van der Waals surface area contributed by atoms with Gasteiger partial charge < -0.3 is 4.74 Å². The van der Waals surface area contributed by atoms with Crippen molar-refractivity contribution in [2.45, 2.75) is 6.36 Å². The van der Waals surface area contributed by atoms with Crippen LogP contribution in [-0.2, 0) is 10.0 Å². The zero-order valence-electron chi connectivity index (χ0n) is 11.6. The van der Waals surface area contributed by atoms with Gasteiger partial charge in [-0.15, -0.1) is 13.2 Å². The highest BCUT2D eigenvalue weighted by Gasteiger charge is 2.30. The fourth-order valence-electron chi connectivity index (χ4n) is 1.66. The maximum Gasteiger partial charge on any atom is 0.573 e. The summed E-state index contributed by atoms with van der Waals surface area (Å²) >= 11 is 0. The van der Waals surface area contributed by atoms with Gasteiger partial charge in [0.15, 0.2) is 0 Å². The van der Waals surface area contributed by atoms with Gasteiger partial charge in [0.2, 0.25) is 0 Å². The maximum absolute atomic E-state index is 12.0. The Morgan fingerprint density at radius 3 is 2.13 bits per heavy atom. The summed E-state index contributed by atoms with van der Waals surface area (Å²) in [6, 6.07) is 13.2. The minimum Gasteiger partial charge on any atom is -0.406 e. The Balaban J connectivity index is 2.04. The summed E-state index contributed by atoms with van der Waals surface area (Å²) < 4.78 is 65.8. The molecule has 2 aromatic rings. The summed E-state index contributed by atoms with van der Waals surface area (Å²) in [6.45, 7) is 0. The maximum atomic E-state index is 12.0. The van der Waals surface area contributed by atoms with Crippen LogP contribution in [0.2, 0.25) is 0 Å². The topological polar surface area (TPSA) is 55.4 Å². The van der Waals surface area contributed by atoms with Gasteiger partial charge in [-0.25, -0.2) is 8.42 Å². The monoisotopic (exact) mass is 343 g/mol. The third-order valence-electron chi connectivity index (χ3n) is 2.59. The smallest absolute Gasteiger partial charge is 0.406 e. The number of benzene rings is 2. The SMILES string of the molecule is O=S(=O)(/C=C/c1ccccc1)Nc1ccc(OC(F)(F)F)cc1. The normalized spacial score (nSPS) is 12.3. The molecule has 0 spiro atoms. The molecule has 0 bridgehead atoms. The molecule has 0 saturated carbocycles. The van der Waals surface area contributed by atoms with Crippen LogP contribution in [0.3, 0.4) is 0 Å². The van der Waals surface area contributed by atoms with Crippen LogP contribution < -0.4 is 9.46 Å². The Hall–Kier alpha value is -2.48. The van der Waals surface area contributed by atoms with Crippen molar-refractivity contribution >= 4 is 21.8 Å². The molecule has 2 aromatic carbocycles. The lowest BCUT2D eigenvalue weighted by molar-refractivity contribution is -0.274. The van der Waals surface area contributed by atoms with Gasteiger partial charge in [0.05, 0.1) is 5.41 Å². The molecule has 0 radical (unpaired) electrons. The average molecular weight is 343 g/mol. The molecular formula is C15H12F3NO3S. The predicted molar refractivity (Wildman–Crippen MR) is 81.1 cm³/mol. The van der Waals surface area contributed by atoms with Gasteiger partial charge in [-0.3, -0.25) is 4.72 Å². The fraction of sp³-hybridized carbons (Fsp3) is 0.0667. The fourth-order valence-corrected chi connectivity index (χ4v) is 2.52. The van der Waals surface area contributed by atoms with Gasteiger partial charge in [0.1, 0.15) is 5.75 Å². The molecule has 0 aliphatic rings. The summed E-state index contributed by atoms with van der Waals surface area (Å²) in [4.78, 5) is 0. The van der Waals surface area contributed by atoms with Crippen molar-refractivity contribution in [1.29, 1.82) is 0 Å². The van der Waals surface area contributed by atoms with Crippen molar-refractivity contribution in [3.8, 4) is 5.75 Å². The Morgan fingerprint density at radius 1 is 0.957 bits per heavy atom. The van der Waals surface area contributed by atoms with Crippen LogP contribution in [0.4, 0.5) is 18.9 Å². The lowest BCUT2D eigenvalue weighted by Crippen LogP contribution is -2.17. The van der Waals surface area contributed by atoms with Gasteiger partial charge in [0, 0.05) is 5.69 Å². The van der Waals surface area contributed by atoms with E-state index in [1.807, 2.05) is 0 Å². The molecule has 0 unspecified atom stereocenters. The second-order valence-electron chi connectivity index (χ2n) is 4.43. The van der Waals surface area contributed by atoms with Crippen LogP contribution in [0, 0.1) is 0 Å². The zero-order chi connectivity index (χ0) is 16.9. The van der Waals surface area contributed by atoms with E-state index in [1.165, 1.54) is 18.2 Å². The summed E-state index contributed by atoms with van der Waals surface area (Å²) in [5.74, 6) is -0.430. The second-order valence-corrected chi connectivity index (χ2v) is 6.00. The number of hydrogen-bond acceptors (Lipinski definition) is 3. The third-order valence-corrected chi connectivity index (χ3v) is 3.60. The standard InChI is InChI=1S/C15H12F3NO3S/c16-15(17,18)22-14-8-6-13(7-9-14)19-23(20,21)11-10-12-4-2-1-3-5-12/h1-11,19H/b11-10+. The molecule has 0 aromatic heterocycles. The van der Waals surface area contributed by atoms with Crippen molar-refractivity contribution in [2.75, 3.05) is 4.72 Å². The molecule has 0 aliphatic heterocycles. The van der Waals surface area contributed by atoms with Crippen molar-refractivity contribution in [2.24, 2.45) is 0 Å². The van der Waals surface area contributed by atoms with Crippen LogP contribution in [0.15, 0.2) is 60.0 Å². The number of anilines is 1. The largest absolute Gasteiger partial charge is 0.573 e. The van der Waals surface area contributed by atoms with E-state index in [9.17, 15) is 21.6 Å². The van der Waals surface area contributed by atoms with Gasteiger partial charge in [0.25, 0.3) is 10.0 Å². The number of halogens is 3. The van der Waals surface area contributed by atoms with Crippen molar-refractivity contribution in [3.63, 3.8) is 0 Å². The quantitative estimate of drug-likeness (QED) is 0.893. The predicted octanol–water partition coefficient (Wildman–Crippen LogP) is 4.00. The highest BCUT2D eigenvalue weighted by Crippen LogP contribution is 2.24. The van der Waals surface area contributed by atoms with E-state index in [1.54, 1.807) is 30.3 Å². The number of rotatable bonds is 5. The third kappa shape index (κ3) is 6.03. The lowest BCUT2D eigenvalue weighted by atomic mass is 10.2. The summed E-state index contributed by atoms with van der Waals surface area (Å²) in [5.41, 5.74) is 0.823. The number of sulfonamides is 1. The first-order valence-electron chi connectivity index (χ1n) is 6.35. The highest BCUT2D eigenvalue weighted by molar-refractivity contribution is 7.95. The number of hydrogen-bond donors (Lipinski definition) is 1. The average Bonchev–Trinajstić information content (AvgIpc) is 2.47. The molecule has 2 rings (SSSR count). The van der Waals surface area contributed by atoms with Gasteiger partial charge in [-0.05, 0) is 35.9 Å². The van der Waals surface area contributed by atoms with E-state index >= 15 is 0 Å². The van der Waals surface area contributed by atoms with Gasteiger partial charge >= 0.3 is 6.36 Å². The highest BCUT2D eigenvalue weighted by atomic mass is 32.2. The van der Waals surface area contributed by atoms with E-state index in [2.05, 4.69) is 9.46 Å². The molecule has 0 saturated heterocycles. The first kappa shape index (κ1) is 16.9. The van der Waals surface area contributed by atoms with Crippen molar-refractivity contribution < 1.29 is 26.3 Å². The zero-order valence-corrected chi connectivity index (χ0v) is 12.4. The van der Waals surface area contributed by atoms with E-state index in [0.717, 1.165) is 17.5 Å². The molecule has 1 N–H and O–H groups in total. The molecule has 23 heavy (non-hydrogen) atoms. The lowest BCUT2D eigenvalue weighted by Gasteiger charge is -2.09. The molecule has 8 heteroatoms.